The van der Waals surface area contributed by atoms with Crippen LogP contribution in [0.4, 0.5) is 5.69 Å². The van der Waals surface area contributed by atoms with Gasteiger partial charge in [0, 0.05) is 11.7 Å². The van der Waals surface area contributed by atoms with Crippen LogP contribution in [0.5, 0.6) is 0 Å². The van der Waals surface area contributed by atoms with Gasteiger partial charge in [0.05, 0.1) is 4.90 Å². The maximum Gasteiger partial charge on any atom is 0.240 e. The van der Waals surface area contributed by atoms with E-state index >= 15 is 0 Å². The third-order valence-electron chi connectivity index (χ3n) is 3.29. The first-order valence-electron chi connectivity index (χ1n) is 5.65. The fourth-order valence-electron chi connectivity index (χ4n) is 1.76. The third-order valence-corrected chi connectivity index (χ3v) is 4.72. The molecule has 5 heteroatoms. The Labute approximate surface area is 102 Å². The number of rotatable bonds is 4. The number of anilines is 1. The second-order valence-electron chi connectivity index (χ2n) is 5.12. The smallest absolute Gasteiger partial charge is 0.240 e. The number of nitrogens with one attached hydrogen (secondary N) is 2. The largest absolute Gasteiger partial charge is 0.382 e. The zero-order chi connectivity index (χ0) is 12.7. The van der Waals surface area contributed by atoms with E-state index in [9.17, 15) is 8.42 Å². The molecule has 94 valence electrons. The van der Waals surface area contributed by atoms with E-state index in [1.807, 2.05) is 0 Å². The van der Waals surface area contributed by atoms with E-state index in [1.54, 1.807) is 24.3 Å². The van der Waals surface area contributed by atoms with E-state index < -0.39 is 10.0 Å². The Balaban J connectivity index is 2.09. The van der Waals surface area contributed by atoms with Crippen molar-refractivity contribution in [1.82, 2.24) is 4.72 Å². The van der Waals surface area contributed by atoms with Gasteiger partial charge in [0.2, 0.25) is 10.0 Å². The van der Waals surface area contributed by atoms with Crippen LogP contribution in [0.15, 0.2) is 29.2 Å². The highest BCUT2D eigenvalue weighted by Crippen LogP contribution is 2.46. The Morgan fingerprint density at radius 1 is 1.24 bits per heavy atom. The monoisotopic (exact) mass is 254 g/mol. The number of sulfonamides is 1. The van der Waals surface area contributed by atoms with Crippen LogP contribution in [0.3, 0.4) is 0 Å². The lowest BCUT2D eigenvalue weighted by atomic mass is 10.2. The van der Waals surface area contributed by atoms with Crippen molar-refractivity contribution in [2.45, 2.75) is 31.2 Å². The highest BCUT2D eigenvalue weighted by molar-refractivity contribution is 7.89. The summed E-state index contributed by atoms with van der Waals surface area (Å²) in [7, 11) is -1.92. The highest BCUT2D eigenvalue weighted by atomic mass is 32.2. The highest BCUT2D eigenvalue weighted by Gasteiger charge is 2.45. The van der Waals surface area contributed by atoms with Gasteiger partial charge < -0.3 is 5.32 Å². The van der Waals surface area contributed by atoms with Gasteiger partial charge in [-0.2, -0.15) is 0 Å². The summed E-state index contributed by atoms with van der Waals surface area (Å²) >= 11 is 0. The first-order chi connectivity index (χ1) is 7.85. The van der Waals surface area contributed by atoms with E-state index in [1.165, 1.54) is 7.05 Å². The van der Waals surface area contributed by atoms with Crippen molar-refractivity contribution in [3.63, 3.8) is 0 Å². The van der Waals surface area contributed by atoms with Gasteiger partial charge in [-0.15, -0.1) is 0 Å². The molecule has 2 rings (SSSR count). The Kier molecular flexibility index (Phi) is 2.91. The summed E-state index contributed by atoms with van der Waals surface area (Å²) < 4.78 is 25.3. The van der Waals surface area contributed by atoms with Crippen molar-refractivity contribution in [2.75, 3.05) is 12.4 Å². The molecule has 1 aliphatic rings. The molecule has 1 aromatic carbocycles. The Bertz CT molecular complexity index is 506. The molecule has 1 fully saturated rings. The molecule has 0 bridgehead atoms. The lowest BCUT2D eigenvalue weighted by molar-refractivity contribution is 0.588. The molecule has 0 saturated heterocycles. The average Bonchev–Trinajstić information content (AvgIpc) is 2.87. The second-order valence-corrected chi connectivity index (χ2v) is 7.01. The molecule has 1 atom stereocenters. The van der Waals surface area contributed by atoms with Crippen LogP contribution in [0.25, 0.3) is 0 Å². The standard InChI is InChI=1S/C12H18N2O2S/c1-12(2)8-11(12)14-9-4-6-10(7-5-9)17(15,16)13-3/h4-7,11,13-14H,8H2,1-3H3. The topological polar surface area (TPSA) is 58.2 Å². The molecule has 4 nitrogen and oxygen atoms in total. The fraction of sp³-hybridized carbons (Fsp3) is 0.500. The second kappa shape index (κ2) is 3.99. The van der Waals surface area contributed by atoms with Crippen molar-refractivity contribution in [1.29, 1.82) is 0 Å². The lowest BCUT2D eigenvalue weighted by Gasteiger charge is -2.09. The normalized spacial score (nSPS) is 22.2. The summed E-state index contributed by atoms with van der Waals surface area (Å²) in [5.41, 5.74) is 1.33. The zero-order valence-electron chi connectivity index (χ0n) is 10.3. The molecule has 0 amide bonds. The first kappa shape index (κ1) is 12.4. The summed E-state index contributed by atoms with van der Waals surface area (Å²) in [5, 5.41) is 3.39. The van der Waals surface area contributed by atoms with Crippen molar-refractivity contribution < 1.29 is 8.42 Å². The molecule has 0 aliphatic heterocycles. The molecule has 0 heterocycles. The van der Waals surface area contributed by atoms with Gasteiger partial charge in [-0.25, -0.2) is 13.1 Å². The molecule has 2 N–H and O–H groups in total. The molecule has 0 aromatic heterocycles. The Morgan fingerprint density at radius 3 is 2.18 bits per heavy atom. The molecular weight excluding hydrogens is 236 g/mol. The SMILES string of the molecule is CNS(=O)(=O)c1ccc(NC2CC2(C)C)cc1. The Hall–Kier alpha value is -1.07. The fourth-order valence-corrected chi connectivity index (χ4v) is 2.49. The summed E-state index contributed by atoms with van der Waals surface area (Å²) in [5.74, 6) is 0. The van der Waals surface area contributed by atoms with Crippen molar-refractivity contribution in [2.24, 2.45) is 5.41 Å². The van der Waals surface area contributed by atoms with E-state index in [0.717, 1.165) is 12.1 Å². The van der Waals surface area contributed by atoms with Crippen LogP contribution in [0.1, 0.15) is 20.3 Å². The van der Waals surface area contributed by atoms with Gasteiger partial charge in [0.15, 0.2) is 0 Å². The lowest BCUT2D eigenvalue weighted by Crippen LogP contribution is -2.18. The van der Waals surface area contributed by atoms with Gasteiger partial charge in [-0.05, 0) is 43.1 Å². The number of hydrogen-bond acceptors (Lipinski definition) is 3. The van der Waals surface area contributed by atoms with Crippen molar-refractivity contribution in [3.05, 3.63) is 24.3 Å². The predicted molar refractivity (Wildman–Crippen MR) is 68.5 cm³/mol. The third kappa shape index (κ3) is 2.61. The predicted octanol–water partition coefficient (Wildman–Crippen LogP) is 1.81. The van der Waals surface area contributed by atoms with E-state index in [2.05, 4.69) is 23.9 Å². The van der Waals surface area contributed by atoms with E-state index in [4.69, 9.17) is 0 Å². The van der Waals surface area contributed by atoms with E-state index in [0.29, 0.717) is 16.4 Å². The molecule has 1 unspecified atom stereocenters. The number of hydrogen-bond donors (Lipinski definition) is 2. The minimum absolute atomic E-state index is 0.292. The molecule has 0 radical (unpaired) electrons. The maximum atomic E-state index is 11.5. The number of benzene rings is 1. The molecule has 1 aliphatic carbocycles. The van der Waals surface area contributed by atoms with Crippen LogP contribution in [-0.2, 0) is 10.0 Å². The molecule has 0 spiro atoms. The zero-order valence-corrected chi connectivity index (χ0v) is 11.1. The molecule has 17 heavy (non-hydrogen) atoms. The van der Waals surface area contributed by atoms with Gasteiger partial charge in [0.25, 0.3) is 0 Å². The summed E-state index contributed by atoms with van der Waals surface area (Å²) in [4.78, 5) is 0.292. The van der Waals surface area contributed by atoms with Crippen LogP contribution in [-0.4, -0.2) is 21.5 Å². The maximum absolute atomic E-state index is 11.5. The minimum atomic E-state index is -3.33. The summed E-state index contributed by atoms with van der Waals surface area (Å²) in [6, 6.07) is 7.33. The van der Waals surface area contributed by atoms with Crippen molar-refractivity contribution >= 4 is 15.7 Å². The van der Waals surface area contributed by atoms with Gasteiger partial charge in [0.1, 0.15) is 0 Å². The van der Waals surface area contributed by atoms with Gasteiger partial charge in [-0.3, -0.25) is 0 Å². The molecule has 1 saturated carbocycles. The molecule has 1 aromatic rings. The van der Waals surface area contributed by atoms with Gasteiger partial charge in [-0.1, -0.05) is 13.8 Å². The quantitative estimate of drug-likeness (QED) is 0.861. The Morgan fingerprint density at radius 2 is 1.76 bits per heavy atom. The summed E-state index contributed by atoms with van der Waals surface area (Å²) in [6.45, 7) is 4.43. The summed E-state index contributed by atoms with van der Waals surface area (Å²) in [6.07, 6.45) is 1.16. The van der Waals surface area contributed by atoms with Crippen LogP contribution in [0, 0.1) is 5.41 Å². The van der Waals surface area contributed by atoms with Crippen molar-refractivity contribution in [3.8, 4) is 0 Å². The van der Waals surface area contributed by atoms with Crippen LogP contribution in [0.2, 0.25) is 0 Å². The van der Waals surface area contributed by atoms with Gasteiger partial charge >= 0.3 is 0 Å². The van der Waals surface area contributed by atoms with Crippen LogP contribution >= 0.6 is 0 Å². The van der Waals surface area contributed by atoms with E-state index in [-0.39, 0.29) is 0 Å². The minimum Gasteiger partial charge on any atom is -0.382 e. The van der Waals surface area contributed by atoms with Crippen LogP contribution < -0.4 is 10.0 Å². The molecular formula is C12H18N2O2S. The first-order valence-corrected chi connectivity index (χ1v) is 7.14. The average molecular weight is 254 g/mol.